The fraction of sp³-hybridized carbons (Fsp3) is 0.600. The molecule has 0 aliphatic rings. The Kier molecular flexibility index (Phi) is 12.7. The minimum absolute atomic E-state index is 0.0328. The van der Waals surface area contributed by atoms with Crippen molar-refractivity contribution in [1.82, 2.24) is 15.5 Å². The molecule has 1 aromatic carbocycles. The fourth-order valence-electron chi connectivity index (χ4n) is 3.22. The minimum atomic E-state index is -0.909. The predicted octanol–water partition coefficient (Wildman–Crippen LogP) is 3.34. The van der Waals surface area contributed by atoms with Gasteiger partial charge < -0.3 is 25.0 Å². The van der Waals surface area contributed by atoms with Gasteiger partial charge in [-0.25, -0.2) is 4.79 Å². The van der Waals surface area contributed by atoms with E-state index in [0.29, 0.717) is 18.5 Å². The number of nitrogens with zero attached hydrogens (tertiary/aromatic N) is 1. The molecule has 0 fully saturated rings. The number of amides is 3. The summed E-state index contributed by atoms with van der Waals surface area (Å²) >= 11 is 0. The Labute approximate surface area is 202 Å². The maximum Gasteiger partial charge on any atom is 0.408 e. The van der Waals surface area contributed by atoms with Gasteiger partial charge in [-0.15, -0.1) is 0 Å². The summed E-state index contributed by atoms with van der Waals surface area (Å²) in [4.78, 5) is 51.6. The first kappa shape index (κ1) is 28.9. The van der Waals surface area contributed by atoms with Crippen LogP contribution in [-0.4, -0.2) is 60.6 Å². The number of ether oxygens (including phenoxy) is 2. The summed E-state index contributed by atoms with van der Waals surface area (Å²) in [5.41, 5.74) is -0.0578. The zero-order chi connectivity index (χ0) is 25.6. The first-order chi connectivity index (χ1) is 16.1. The second-order valence-electron chi connectivity index (χ2n) is 8.81. The van der Waals surface area contributed by atoms with E-state index in [0.717, 1.165) is 12.8 Å². The second-order valence-corrected chi connectivity index (χ2v) is 8.81. The number of hydrogen-bond acceptors (Lipinski definition) is 6. The lowest BCUT2D eigenvalue weighted by Gasteiger charge is -2.31. The van der Waals surface area contributed by atoms with Crippen LogP contribution in [0.5, 0.6) is 0 Å². The molecule has 0 bridgehead atoms. The molecule has 0 saturated carbocycles. The summed E-state index contributed by atoms with van der Waals surface area (Å²) < 4.78 is 10.1. The van der Waals surface area contributed by atoms with Crippen LogP contribution in [0.4, 0.5) is 4.79 Å². The molecule has 1 atom stereocenters. The fourth-order valence-corrected chi connectivity index (χ4v) is 3.22. The molecule has 1 unspecified atom stereocenters. The molecular formula is C25H39N3O6. The number of unbranched alkanes of at least 4 members (excludes halogenated alkanes) is 2. The first-order valence-electron chi connectivity index (χ1n) is 11.8. The lowest BCUT2D eigenvalue weighted by atomic mass is 10.0. The predicted molar refractivity (Wildman–Crippen MR) is 129 cm³/mol. The van der Waals surface area contributed by atoms with Crippen molar-refractivity contribution >= 4 is 23.9 Å². The SMILES string of the molecule is CCCCCN(C(=O)CNC(=O)OC(C)(C)C)C(C(=O)NCCC(=O)OCC)c1ccccc1. The van der Waals surface area contributed by atoms with E-state index < -0.39 is 35.5 Å². The molecule has 0 aromatic heterocycles. The van der Waals surface area contributed by atoms with Crippen LogP contribution < -0.4 is 10.6 Å². The quantitative estimate of drug-likeness (QED) is 0.333. The van der Waals surface area contributed by atoms with Crippen molar-refractivity contribution in [3.8, 4) is 0 Å². The van der Waals surface area contributed by atoms with Crippen molar-refractivity contribution in [2.24, 2.45) is 0 Å². The van der Waals surface area contributed by atoms with E-state index in [4.69, 9.17) is 9.47 Å². The molecule has 2 N–H and O–H groups in total. The van der Waals surface area contributed by atoms with Crippen molar-refractivity contribution in [1.29, 1.82) is 0 Å². The van der Waals surface area contributed by atoms with E-state index in [9.17, 15) is 19.2 Å². The van der Waals surface area contributed by atoms with E-state index in [1.807, 2.05) is 13.0 Å². The summed E-state index contributed by atoms with van der Waals surface area (Å²) in [6.45, 7) is 9.36. The number of alkyl carbamates (subject to hydrolysis) is 1. The smallest absolute Gasteiger partial charge is 0.408 e. The number of esters is 1. The van der Waals surface area contributed by atoms with Gasteiger partial charge in [0.1, 0.15) is 18.2 Å². The number of carbonyl (C=O) groups excluding carboxylic acids is 4. The molecule has 34 heavy (non-hydrogen) atoms. The van der Waals surface area contributed by atoms with Crippen LogP contribution in [0, 0.1) is 0 Å². The highest BCUT2D eigenvalue weighted by Gasteiger charge is 2.31. The van der Waals surface area contributed by atoms with E-state index >= 15 is 0 Å². The summed E-state index contributed by atoms with van der Waals surface area (Å²) in [6.07, 6.45) is 1.86. The van der Waals surface area contributed by atoms with Crippen molar-refractivity contribution < 1.29 is 28.7 Å². The first-order valence-corrected chi connectivity index (χ1v) is 11.8. The lowest BCUT2D eigenvalue weighted by Crippen LogP contribution is -2.48. The average Bonchev–Trinajstić information content (AvgIpc) is 2.76. The molecule has 0 aliphatic heterocycles. The largest absolute Gasteiger partial charge is 0.466 e. The number of hydrogen-bond donors (Lipinski definition) is 2. The molecule has 0 aliphatic carbocycles. The molecule has 9 nitrogen and oxygen atoms in total. The van der Waals surface area contributed by atoms with Gasteiger partial charge in [-0.3, -0.25) is 14.4 Å². The highest BCUT2D eigenvalue weighted by molar-refractivity contribution is 5.90. The second kappa shape index (κ2) is 14.9. The molecular weight excluding hydrogens is 438 g/mol. The van der Waals surface area contributed by atoms with Crippen LogP contribution in [0.1, 0.15) is 71.9 Å². The molecule has 0 heterocycles. The van der Waals surface area contributed by atoms with Crippen molar-refractivity contribution in [2.45, 2.75) is 71.9 Å². The Bertz CT molecular complexity index is 792. The van der Waals surface area contributed by atoms with E-state index in [1.165, 1.54) is 4.90 Å². The normalized spacial score (nSPS) is 11.8. The molecule has 9 heteroatoms. The number of rotatable bonds is 13. The third-order valence-corrected chi connectivity index (χ3v) is 4.71. The third kappa shape index (κ3) is 11.2. The summed E-state index contributed by atoms with van der Waals surface area (Å²) in [5, 5.41) is 5.23. The van der Waals surface area contributed by atoms with Crippen LogP contribution in [0.25, 0.3) is 0 Å². The van der Waals surface area contributed by atoms with Crippen LogP contribution in [-0.2, 0) is 23.9 Å². The topological polar surface area (TPSA) is 114 Å². The molecule has 0 spiro atoms. The van der Waals surface area contributed by atoms with Crippen LogP contribution >= 0.6 is 0 Å². The minimum Gasteiger partial charge on any atom is -0.466 e. The Morgan fingerprint density at radius 2 is 1.68 bits per heavy atom. The van der Waals surface area contributed by atoms with Gasteiger partial charge in [-0.1, -0.05) is 50.1 Å². The zero-order valence-electron chi connectivity index (χ0n) is 21.0. The highest BCUT2D eigenvalue weighted by Crippen LogP contribution is 2.22. The van der Waals surface area contributed by atoms with Gasteiger partial charge in [-0.2, -0.15) is 0 Å². The van der Waals surface area contributed by atoms with Crippen LogP contribution in [0.15, 0.2) is 30.3 Å². The lowest BCUT2D eigenvalue weighted by molar-refractivity contribution is -0.143. The third-order valence-electron chi connectivity index (χ3n) is 4.71. The molecule has 0 saturated heterocycles. The van der Waals surface area contributed by atoms with Gasteiger partial charge in [0.05, 0.1) is 13.0 Å². The average molecular weight is 478 g/mol. The molecule has 1 rings (SSSR count). The number of carbonyl (C=O) groups is 4. The van der Waals surface area contributed by atoms with Gasteiger partial charge >= 0.3 is 12.1 Å². The van der Waals surface area contributed by atoms with Gasteiger partial charge in [0.15, 0.2) is 0 Å². The molecule has 190 valence electrons. The molecule has 0 radical (unpaired) electrons. The van der Waals surface area contributed by atoms with Gasteiger partial charge in [0.25, 0.3) is 0 Å². The monoisotopic (exact) mass is 477 g/mol. The maximum absolute atomic E-state index is 13.2. The Morgan fingerprint density at radius 3 is 2.26 bits per heavy atom. The molecule has 3 amide bonds. The van der Waals surface area contributed by atoms with Gasteiger partial charge in [0, 0.05) is 13.1 Å². The summed E-state index contributed by atoms with van der Waals surface area (Å²) in [6, 6.07) is 8.05. The highest BCUT2D eigenvalue weighted by atomic mass is 16.6. The standard InChI is InChI=1S/C25H39N3O6/c1-6-8-12-17-28(20(29)18-27-24(32)34-25(3,4)5)22(19-13-10-9-11-14-19)23(31)26-16-15-21(30)33-7-2/h9-11,13-14,22H,6-8,12,15-18H2,1-5H3,(H,26,31)(H,27,32). The van der Waals surface area contributed by atoms with E-state index in [-0.39, 0.29) is 26.1 Å². The summed E-state index contributed by atoms with van der Waals surface area (Å²) in [7, 11) is 0. The molecule has 1 aromatic rings. The van der Waals surface area contributed by atoms with Crippen molar-refractivity contribution in [2.75, 3.05) is 26.2 Å². The summed E-state index contributed by atoms with van der Waals surface area (Å²) in [5.74, 6) is -1.22. The van der Waals surface area contributed by atoms with Gasteiger partial charge in [0.2, 0.25) is 11.8 Å². The van der Waals surface area contributed by atoms with Crippen LogP contribution in [0.3, 0.4) is 0 Å². The number of nitrogens with one attached hydrogen (secondary N) is 2. The van der Waals surface area contributed by atoms with E-state index in [1.54, 1.807) is 52.0 Å². The number of benzene rings is 1. The van der Waals surface area contributed by atoms with Crippen LogP contribution in [0.2, 0.25) is 0 Å². The van der Waals surface area contributed by atoms with Crippen molar-refractivity contribution in [3.05, 3.63) is 35.9 Å². The van der Waals surface area contributed by atoms with Crippen molar-refractivity contribution in [3.63, 3.8) is 0 Å². The van der Waals surface area contributed by atoms with Gasteiger partial charge in [-0.05, 0) is 39.7 Å². The maximum atomic E-state index is 13.2. The Hall–Kier alpha value is -3.10. The Balaban J connectivity index is 3.04. The zero-order valence-corrected chi connectivity index (χ0v) is 21.0. The van der Waals surface area contributed by atoms with E-state index in [2.05, 4.69) is 10.6 Å². The Morgan fingerprint density at radius 1 is 1.00 bits per heavy atom.